The fraction of sp³-hybridized carbons (Fsp3) is 0.150. The summed E-state index contributed by atoms with van der Waals surface area (Å²) in [6, 6.07) is 39.8. The Morgan fingerprint density at radius 3 is 1.34 bits per heavy atom. The Morgan fingerprint density at radius 2 is 0.932 bits per heavy atom. The van der Waals surface area contributed by atoms with Gasteiger partial charge >= 0.3 is 37.9 Å². The molecule has 6 aromatic carbocycles. The molecule has 2 unspecified atom stereocenters. The van der Waals surface area contributed by atoms with Crippen molar-refractivity contribution in [3.63, 3.8) is 0 Å². The Hall–Kier alpha value is -2.74. The van der Waals surface area contributed by atoms with Crippen LogP contribution in [-0.4, -0.2) is 9.52 Å². The van der Waals surface area contributed by atoms with Crippen molar-refractivity contribution in [1.82, 2.24) is 0 Å². The number of benzene rings is 4. The molecule has 8 rings (SSSR count). The Kier molecular flexibility index (Phi) is 11.5. The van der Waals surface area contributed by atoms with Gasteiger partial charge in [-0.25, -0.2) is 0 Å². The molecule has 0 heterocycles. The van der Waals surface area contributed by atoms with Crippen LogP contribution in [0, 0.1) is 13.8 Å². The number of hydrogen-bond acceptors (Lipinski definition) is 0. The second-order valence-electron chi connectivity index (χ2n) is 11.3. The maximum atomic E-state index is 4.93. The van der Waals surface area contributed by atoms with Gasteiger partial charge < -0.3 is 0 Å². The first kappa shape index (κ1) is 32.6. The number of halogens is 2. The van der Waals surface area contributed by atoms with Crippen molar-refractivity contribution in [2.75, 3.05) is 0 Å². The molecule has 0 saturated carbocycles. The van der Waals surface area contributed by atoms with Crippen LogP contribution >= 0.6 is 17.0 Å². The van der Waals surface area contributed by atoms with Gasteiger partial charge in [-0.1, -0.05) is 123 Å². The van der Waals surface area contributed by atoms with E-state index in [4.69, 9.17) is 17.0 Å². The maximum absolute atomic E-state index is 4.93. The molecule has 4 heteroatoms. The van der Waals surface area contributed by atoms with Gasteiger partial charge in [0, 0.05) is 21.4 Å². The molecule has 0 amide bonds. The van der Waals surface area contributed by atoms with Gasteiger partial charge in [0.2, 0.25) is 0 Å². The van der Waals surface area contributed by atoms with E-state index in [-0.39, 0.29) is 0 Å². The Bertz CT molecular complexity index is 1770. The first-order chi connectivity index (χ1) is 21.5. The summed E-state index contributed by atoms with van der Waals surface area (Å²) in [7, 11) is 11.0. The van der Waals surface area contributed by atoms with Crippen LogP contribution in [0.1, 0.15) is 56.3 Å². The topological polar surface area (TPSA) is 0 Å². The SMILES string of the molecule is C[Si]C.Cc1cc2c(C3C=Cc4ccccc43)cccc2[cH-]1.Cc1cc2c(C3C=Cc4ccccc43)cccc2[cH-]1.[Cl][Zr+2][Cl]. The molecule has 2 atom stereocenters. The molecular weight excluding hydrogens is 671 g/mol. The summed E-state index contributed by atoms with van der Waals surface area (Å²) in [4.78, 5) is 0. The van der Waals surface area contributed by atoms with Crippen molar-refractivity contribution in [3.05, 3.63) is 166 Å². The summed E-state index contributed by atoms with van der Waals surface area (Å²) in [6.07, 6.45) is 9.13. The Labute approximate surface area is 283 Å². The zero-order valence-corrected chi connectivity index (χ0v) is 30.6. The molecule has 218 valence electrons. The molecule has 0 N–H and O–H groups in total. The Balaban J connectivity index is 0.000000149. The molecule has 0 aromatic heterocycles. The number of allylic oxidation sites excluding steroid dienone is 2. The van der Waals surface area contributed by atoms with Gasteiger partial charge in [0.1, 0.15) is 0 Å². The Morgan fingerprint density at radius 1 is 0.568 bits per heavy atom. The van der Waals surface area contributed by atoms with E-state index in [2.05, 4.69) is 160 Å². The van der Waals surface area contributed by atoms with Gasteiger partial charge in [-0.3, -0.25) is 0 Å². The third kappa shape index (κ3) is 7.21. The predicted molar refractivity (Wildman–Crippen MR) is 192 cm³/mol. The van der Waals surface area contributed by atoms with Gasteiger partial charge in [0.05, 0.1) is 0 Å². The summed E-state index contributed by atoms with van der Waals surface area (Å²) < 4.78 is 0. The zero-order valence-electron chi connectivity index (χ0n) is 25.6. The second-order valence-corrected chi connectivity index (χ2v) is 16.0. The van der Waals surface area contributed by atoms with Crippen LogP contribution < -0.4 is 0 Å². The molecular formula is C40H36Cl2SiZr. The van der Waals surface area contributed by atoms with E-state index in [1.165, 1.54) is 66.1 Å². The zero-order chi connectivity index (χ0) is 31.1. The van der Waals surface area contributed by atoms with Crippen molar-refractivity contribution in [1.29, 1.82) is 0 Å². The van der Waals surface area contributed by atoms with E-state index in [1.54, 1.807) is 0 Å². The van der Waals surface area contributed by atoms with E-state index in [9.17, 15) is 0 Å². The molecule has 0 nitrogen and oxygen atoms in total. The minimum absolute atomic E-state index is 0.404. The quantitative estimate of drug-likeness (QED) is 0.124. The number of fused-ring (bicyclic) bond motifs is 4. The van der Waals surface area contributed by atoms with Crippen LogP contribution in [0.4, 0.5) is 0 Å². The van der Waals surface area contributed by atoms with Crippen molar-refractivity contribution < 1.29 is 20.8 Å². The minimum atomic E-state index is -0.826. The van der Waals surface area contributed by atoms with Crippen LogP contribution in [0.5, 0.6) is 0 Å². The van der Waals surface area contributed by atoms with Crippen LogP contribution in [0.15, 0.2) is 121 Å². The van der Waals surface area contributed by atoms with E-state index >= 15 is 0 Å². The third-order valence-corrected chi connectivity index (χ3v) is 8.13. The number of aryl methyl sites for hydroxylation is 2. The molecule has 0 fully saturated rings. The summed E-state index contributed by atoms with van der Waals surface area (Å²) in [6.45, 7) is 8.64. The van der Waals surface area contributed by atoms with Gasteiger partial charge in [0.15, 0.2) is 0 Å². The van der Waals surface area contributed by atoms with Crippen LogP contribution in [0.25, 0.3) is 33.7 Å². The molecule has 44 heavy (non-hydrogen) atoms. The van der Waals surface area contributed by atoms with Crippen molar-refractivity contribution in [2.45, 2.75) is 38.8 Å². The first-order valence-electron chi connectivity index (χ1n) is 14.9. The molecule has 2 aliphatic carbocycles. The number of hydrogen-bond donors (Lipinski definition) is 0. The summed E-state index contributed by atoms with van der Waals surface area (Å²) in [5, 5.41) is 5.50. The van der Waals surface area contributed by atoms with Crippen LogP contribution in [0.3, 0.4) is 0 Å². The molecule has 0 spiro atoms. The van der Waals surface area contributed by atoms with Crippen LogP contribution in [0.2, 0.25) is 13.1 Å². The van der Waals surface area contributed by atoms with E-state index < -0.39 is 20.8 Å². The number of rotatable bonds is 2. The van der Waals surface area contributed by atoms with Gasteiger partial charge in [-0.2, -0.15) is 12.1 Å². The van der Waals surface area contributed by atoms with Crippen LogP contribution in [-0.2, 0) is 20.8 Å². The molecule has 0 aliphatic heterocycles. The van der Waals surface area contributed by atoms with Gasteiger partial charge in [-0.15, -0.1) is 69.1 Å². The van der Waals surface area contributed by atoms with Gasteiger partial charge in [0.25, 0.3) is 0 Å². The monoisotopic (exact) mass is 704 g/mol. The molecule has 2 aliphatic rings. The van der Waals surface area contributed by atoms with E-state index in [0.29, 0.717) is 11.8 Å². The fourth-order valence-corrected chi connectivity index (χ4v) is 6.40. The molecule has 6 aromatic rings. The molecule has 0 bridgehead atoms. The van der Waals surface area contributed by atoms with Crippen molar-refractivity contribution in [2.24, 2.45) is 0 Å². The standard InChI is InChI=1S/2C19H15.C2H6Si.2ClH.Zr/c2*1-13-11-15-6-4-8-17(19(15)12-13)18-10-9-14-5-2-3-7-16(14)18;1-3-2;;;/h2*2-12,18H,1H3;1-2H3;2*1H;/q2*-1;;;;+4/p-2. The average Bonchev–Trinajstić information content (AvgIpc) is 3.81. The van der Waals surface area contributed by atoms with Gasteiger partial charge in [-0.05, 0) is 22.3 Å². The average molecular weight is 707 g/mol. The molecule has 0 saturated heterocycles. The summed E-state index contributed by atoms with van der Waals surface area (Å²) in [5.74, 6) is 0.809. The summed E-state index contributed by atoms with van der Waals surface area (Å²) in [5.41, 5.74) is 11.1. The summed E-state index contributed by atoms with van der Waals surface area (Å²) >= 11 is -0.826. The third-order valence-electron chi connectivity index (χ3n) is 8.13. The predicted octanol–water partition coefficient (Wildman–Crippen LogP) is 12.2. The second kappa shape index (κ2) is 15.5. The van der Waals surface area contributed by atoms with Crippen molar-refractivity contribution in [3.8, 4) is 0 Å². The molecule has 2 radical (unpaired) electrons. The van der Waals surface area contributed by atoms with E-state index in [0.717, 1.165) is 9.52 Å². The van der Waals surface area contributed by atoms with E-state index in [1.807, 2.05) is 0 Å². The normalized spacial score (nSPS) is 15.3. The van der Waals surface area contributed by atoms with Crippen molar-refractivity contribution >= 4 is 60.2 Å². The first-order valence-corrected chi connectivity index (χ1v) is 23.2. The fourth-order valence-electron chi connectivity index (χ4n) is 6.40.